The molecule has 0 saturated heterocycles. The number of thiophene rings is 1. The predicted molar refractivity (Wildman–Crippen MR) is 82.4 cm³/mol. The molecule has 0 saturated carbocycles. The van der Waals surface area contributed by atoms with E-state index in [1.165, 1.54) is 8.45 Å². The van der Waals surface area contributed by atoms with Crippen molar-refractivity contribution in [2.75, 3.05) is 14.2 Å². The van der Waals surface area contributed by atoms with Gasteiger partial charge >= 0.3 is 0 Å². The second kappa shape index (κ2) is 6.03. The fourth-order valence-electron chi connectivity index (χ4n) is 2.01. The Labute approximate surface area is 124 Å². The number of ether oxygens (including phenoxy) is 1. The molecule has 4 nitrogen and oxygen atoms in total. The Kier molecular flexibility index (Phi) is 4.63. The summed E-state index contributed by atoms with van der Waals surface area (Å²) in [5.74, 6) is 0.831. The van der Waals surface area contributed by atoms with Crippen molar-refractivity contribution in [2.24, 2.45) is 0 Å². The number of rotatable bonds is 5. The molecule has 0 aromatic carbocycles. The highest BCUT2D eigenvalue weighted by Crippen LogP contribution is 2.32. The van der Waals surface area contributed by atoms with Crippen LogP contribution in [0.5, 0.6) is 5.75 Å². The van der Waals surface area contributed by atoms with Crippen molar-refractivity contribution in [3.8, 4) is 5.75 Å². The first kappa shape index (κ1) is 13.8. The molecule has 0 amide bonds. The van der Waals surface area contributed by atoms with Crippen LogP contribution in [0.4, 0.5) is 0 Å². The van der Waals surface area contributed by atoms with Gasteiger partial charge in [0.1, 0.15) is 5.69 Å². The van der Waals surface area contributed by atoms with Gasteiger partial charge in [-0.3, -0.25) is 4.68 Å². The molecule has 0 spiro atoms. The highest BCUT2D eigenvalue weighted by atomic mass is 127. The zero-order valence-electron chi connectivity index (χ0n) is 10.6. The van der Waals surface area contributed by atoms with Gasteiger partial charge in [0.25, 0.3) is 0 Å². The quantitative estimate of drug-likeness (QED) is 0.815. The largest absolute Gasteiger partial charge is 0.493 e. The molecule has 0 aliphatic rings. The van der Waals surface area contributed by atoms with E-state index in [2.05, 4.69) is 51.4 Å². The maximum atomic E-state index is 5.42. The van der Waals surface area contributed by atoms with Crippen LogP contribution in [0.1, 0.15) is 24.2 Å². The molecule has 2 aromatic heterocycles. The normalized spacial score (nSPS) is 12.7. The third kappa shape index (κ3) is 2.55. The highest BCUT2D eigenvalue weighted by molar-refractivity contribution is 14.1. The number of hydrogen-bond donors (Lipinski definition) is 1. The van der Waals surface area contributed by atoms with Gasteiger partial charge in [0, 0.05) is 6.54 Å². The summed E-state index contributed by atoms with van der Waals surface area (Å²) in [4.78, 5) is 0. The van der Waals surface area contributed by atoms with Crippen molar-refractivity contribution in [2.45, 2.75) is 19.5 Å². The lowest BCUT2D eigenvalue weighted by Crippen LogP contribution is -2.21. The number of halogens is 1. The molecule has 0 radical (unpaired) electrons. The maximum Gasteiger partial charge on any atom is 0.161 e. The van der Waals surface area contributed by atoms with Crippen LogP contribution in [0.2, 0.25) is 0 Å². The van der Waals surface area contributed by atoms with E-state index in [1.807, 2.05) is 11.7 Å². The van der Waals surface area contributed by atoms with Crippen LogP contribution in [0.15, 0.2) is 17.6 Å². The van der Waals surface area contributed by atoms with Gasteiger partial charge in [0.15, 0.2) is 5.75 Å². The fraction of sp³-hybridized carbons (Fsp3) is 0.417. The molecule has 18 heavy (non-hydrogen) atoms. The molecule has 0 fully saturated rings. The standard InChI is InChI=1S/C12H16IN3OS/c1-4-16-12(9(17-3)6-15-16)11(14-2)8-5-10(13)18-7-8/h5-7,11,14H,4H2,1-3H3. The Bertz CT molecular complexity index is 502. The molecule has 1 unspecified atom stereocenters. The van der Waals surface area contributed by atoms with Crippen LogP contribution in [0, 0.1) is 2.88 Å². The van der Waals surface area contributed by atoms with Crippen LogP contribution < -0.4 is 10.1 Å². The summed E-state index contributed by atoms with van der Waals surface area (Å²) in [7, 11) is 3.65. The summed E-state index contributed by atoms with van der Waals surface area (Å²) in [6, 6.07) is 2.31. The smallest absolute Gasteiger partial charge is 0.161 e. The zero-order valence-corrected chi connectivity index (χ0v) is 13.6. The first-order chi connectivity index (χ1) is 8.71. The summed E-state index contributed by atoms with van der Waals surface area (Å²) in [5.41, 5.74) is 2.33. The van der Waals surface area contributed by atoms with Crippen LogP contribution >= 0.6 is 33.9 Å². The minimum Gasteiger partial charge on any atom is -0.493 e. The molecule has 2 heterocycles. The molecule has 2 aromatic rings. The number of nitrogens with one attached hydrogen (secondary N) is 1. The summed E-state index contributed by atoms with van der Waals surface area (Å²) in [5, 5.41) is 9.88. The van der Waals surface area contributed by atoms with E-state index in [-0.39, 0.29) is 6.04 Å². The Balaban J connectivity index is 2.46. The summed E-state index contributed by atoms with van der Waals surface area (Å²) in [6.45, 7) is 2.91. The lowest BCUT2D eigenvalue weighted by molar-refractivity contribution is 0.401. The minimum absolute atomic E-state index is 0.113. The van der Waals surface area contributed by atoms with E-state index < -0.39 is 0 Å². The number of methoxy groups -OCH3 is 1. The lowest BCUT2D eigenvalue weighted by Gasteiger charge is -2.18. The predicted octanol–water partition coefficient (Wildman–Crippen LogP) is 2.89. The van der Waals surface area contributed by atoms with E-state index >= 15 is 0 Å². The van der Waals surface area contributed by atoms with E-state index in [0.29, 0.717) is 0 Å². The number of nitrogens with zero attached hydrogens (tertiary/aromatic N) is 2. The summed E-state index contributed by atoms with van der Waals surface area (Å²) < 4.78 is 8.68. The van der Waals surface area contributed by atoms with Gasteiger partial charge in [0.05, 0.1) is 22.2 Å². The Morgan fingerprint density at radius 2 is 2.39 bits per heavy atom. The SMILES string of the molecule is CCn1ncc(OC)c1C(NC)c1csc(I)c1. The molecule has 0 bridgehead atoms. The first-order valence-electron chi connectivity index (χ1n) is 5.72. The third-order valence-corrected chi connectivity index (χ3v) is 4.65. The molecule has 1 N–H and O–H groups in total. The first-order valence-corrected chi connectivity index (χ1v) is 7.68. The number of aryl methyl sites for hydroxylation is 1. The van der Waals surface area contributed by atoms with Crippen molar-refractivity contribution >= 4 is 33.9 Å². The van der Waals surface area contributed by atoms with Crippen molar-refractivity contribution in [3.05, 3.63) is 31.8 Å². The fourth-order valence-corrected chi connectivity index (χ4v) is 3.41. The van der Waals surface area contributed by atoms with Crippen molar-refractivity contribution < 1.29 is 4.74 Å². The zero-order chi connectivity index (χ0) is 13.1. The second-order valence-electron chi connectivity index (χ2n) is 3.82. The van der Waals surface area contributed by atoms with Gasteiger partial charge in [-0.2, -0.15) is 5.10 Å². The van der Waals surface area contributed by atoms with E-state index in [0.717, 1.165) is 18.0 Å². The summed E-state index contributed by atoms with van der Waals surface area (Å²) in [6.07, 6.45) is 1.78. The van der Waals surface area contributed by atoms with Crippen LogP contribution in [-0.4, -0.2) is 23.9 Å². The Morgan fingerprint density at radius 1 is 1.61 bits per heavy atom. The Hall–Kier alpha value is -0.600. The molecule has 0 aliphatic carbocycles. The van der Waals surface area contributed by atoms with E-state index in [4.69, 9.17) is 4.74 Å². The summed E-state index contributed by atoms with van der Waals surface area (Å²) >= 11 is 4.09. The van der Waals surface area contributed by atoms with E-state index in [1.54, 1.807) is 24.6 Å². The molecular formula is C12H16IN3OS. The van der Waals surface area contributed by atoms with Gasteiger partial charge < -0.3 is 10.1 Å². The molecule has 6 heteroatoms. The second-order valence-corrected chi connectivity index (χ2v) is 6.63. The highest BCUT2D eigenvalue weighted by Gasteiger charge is 2.22. The third-order valence-electron chi connectivity index (χ3n) is 2.85. The van der Waals surface area contributed by atoms with Crippen molar-refractivity contribution in [3.63, 3.8) is 0 Å². The minimum atomic E-state index is 0.113. The molecule has 1 atom stereocenters. The topological polar surface area (TPSA) is 39.1 Å². The van der Waals surface area contributed by atoms with Gasteiger partial charge in [-0.1, -0.05) is 0 Å². The molecule has 2 rings (SSSR count). The average Bonchev–Trinajstić information content (AvgIpc) is 2.97. The van der Waals surface area contributed by atoms with Gasteiger partial charge in [-0.25, -0.2) is 0 Å². The van der Waals surface area contributed by atoms with Gasteiger partial charge in [0.2, 0.25) is 0 Å². The van der Waals surface area contributed by atoms with Crippen molar-refractivity contribution in [1.82, 2.24) is 15.1 Å². The van der Waals surface area contributed by atoms with Crippen LogP contribution in [0.3, 0.4) is 0 Å². The number of aromatic nitrogens is 2. The van der Waals surface area contributed by atoms with Crippen molar-refractivity contribution in [1.29, 1.82) is 0 Å². The molecule has 98 valence electrons. The lowest BCUT2D eigenvalue weighted by atomic mass is 10.1. The van der Waals surface area contributed by atoms with Crippen LogP contribution in [-0.2, 0) is 6.54 Å². The van der Waals surface area contributed by atoms with Gasteiger partial charge in [-0.05, 0) is 53.6 Å². The molecular weight excluding hydrogens is 361 g/mol. The Morgan fingerprint density at radius 3 is 2.89 bits per heavy atom. The maximum absolute atomic E-state index is 5.42. The van der Waals surface area contributed by atoms with Crippen LogP contribution in [0.25, 0.3) is 0 Å². The number of hydrogen-bond acceptors (Lipinski definition) is 4. The van der Waals surface area contributed by atoms with E-state index in [9.17, 15) is 0 Å². The average molecular weight is 377 g/mol. The van der Waals surface area contributed by atoms with Gasteiger partial charge in [-0.15, -0.1) is 11.3 Å². The molecule has 0 aliphatic heterocycles. The monoisotopic (exact) mass is 377 g/mol.